The van der Waals surface area contributed by atoms with E-state index in [1.54, 1.807) is 23.9 Å². The molecule has 2 aromatic carbocycles. The second-order valence-corrected chi connectivity index (χ2v) is 4.68. The van der Waals surface area contributed by atoms with E-state index in [4.69, 9.17) is 5.73 Å². The fourth-order valence-electron chi connectivity index (χ4n) is 2.06. The predicted molar refractivity (Wildman–Crippen MR) is 78.1 cm³/mol. The first-order valence-corrected chi connectivity index (χ1v) is 6.32. The van der Waals surface area contributed by atoms with Crippen LogP contribution >= 0.6 is 0 Å². The van der Waals surface area contributed by atoms with Crippen molar-refractivity contribution in [3.63, 3.8) is 0 Å². The largest absolute Gasteiger partial charge is 0.396 e. The maximum absolute atomic E-state index is 13.7. The Balaban J connectivity index is 2.07. The van der Waals surface area contributed by atoms with Crippen LogP contribution in [0.2, 0.25) is 0 Å². The van der Waals surface area contributed by atoms with Gasteiger partial charge in [0.1, 0.15) is 11.5 Å². The zero-order valence-electron chi connectivity index (χ0n) is 11.0. The Bertz CT molecular complexity index is 748. The van der Waals surface area contributed by atoms with E-state index >= 15 is 0 Å². The van der Waals surface area contributed by atoms with Gasteiger partial charge >= 0.3 is 0 Å². The first kappa shape index (κ1) is 12.4. The first-order chi connectivity index (χ1) is 9.65. The number of hydrogen-bond donors (Lipinski definition) is 1. The molecule has 20 heavy (non-hydrogen) atoms. The van der Waals surface area contributed by atoms with Crippen molar-refractivity contribution in [1.29, 1.82) is 0 Å². The Morgan fingerprint density at radius 2 is 1.85 bits per heavy atom. The zero-order valence-corrected chi connectivity index (χ0v) is 11.0. The number of hydrogen-bond acceptors (Lipinski definition) is 2. The molecule has 1 aromatic heterocycles. The van der Waals surface area contributed by atoms with Gasteiger partial charge in [-0.3, -0.25) is 0 Å². The average Bonchev–Trinajstić information content (AvgIpc) is 2.85. The molecule has 0 radical (unpaired) electrons. The lowest BCUT2D eigenvalue weighted by molar-refractivity contribution is 0.619. The van der Waals surface area contributed by atoms with Crippen LogP contribution in [0.5, 0.6) is 0 Å². The van der Waals surface area contributed by atoms with Crippen molar-refractivity contribution in [3.05, 3.63) is 66.1 Å². The highest BCUT2D eigenvalue weighted by Gasteiger charge is 2.11. The van der Waals surface area contributed by atoms with Crippen LogP contribution in [0.1, 0.15) is 5.56 Å². The Morgan fingerprint density at radius 3 is 2.55 bits per heavy atom. The van der Waals surface area contributed by atoms with Gasteiger partial charge in [-0.1, -0.05) is 30.3 Å². The summed E-state index contributed by atoms with van der Waals surface area (Å²) in [7, 11) is 0. The number of halogens is 1. The van der Waals surface area contributed by atoms with Crippen LogP contribution in [-0.4, -0.2) is 9.78 Å². The van der Waals surface area contributed by atoms with Crippen molar-refractivity contribution in [2.45, 2.75) is 6.92 Å². The van der Waals surface area contributed by atoms with E-state index in [1.165, 1.54) is 6.07 Å². The lowest BCUT2D eigenvalue weighted by Crippen LogP contribution is -1.94. The summed E-state index contributed by atoms with van der Waals surface area (Å²) in [5, 5.41) is 4.45. The van der Waals surface area contributed by atoms with Gasteiger partial charge in [-0.25, -0.2) is 9.07 Å². The van der Waals surface area contributed by atoms with Crippen molar-refractivity contribution in [2.24, 2.45) is 0 Å². The molecule has 2 N–H and O–H groups in total. The standard InChI is InChI=1S/C16H14FN3/c1-11-7-8-12(9-14(11)17)16-15(18)10-20(19-16)13-5-3-2-4-6-13/h2-10H,18H2,1H3. The first-order valence-electron chi connectivity index (χ1n) is 6.32. The average molecular weight is 267 g/mol. The van der Waals surface area contributed by atoms with E-state index in [1.807, 2.05) is 36.4 Å². The normalized spacial score (nSPS) is 10.7. The topological polar surface area (TPSA) is 43.8 Å². The molecule has 0 fully saturated rings. The number of aryl methyl sites for hydroxylation is 1. The summed E-state index contributed by atoms with van der Waals surface area (Å²) >= 11 is 0. The third-order valence-electron chi connectivity index (χ3n) is 3.21. The van der Waals surface area contributed by atoms with E-state index in [9.17, 15) is 4.39 Å². The molecule has 100 valence electrons. The molecule has 1 heterocycles. The number of aromatic nitrogens is 2. The number of benzene rings is 2. The predicted octanol–water partition coefficient (Wildman–Crippen LogP) is 3.57. The van der Waals surface area contributed by atoms with E-state index < -0.39 is 0 Å². The number of para-hydroxylation sites is 1. The highest BCUT2D eigenvalue weighted by molar-refractivity contribution is 5.72. The quantitative estimate of drug-likeness (QED) is 0.771. The van der Waals surface area contributed by atoms with Gasteiger partial charge in [-0.2, -0.15) is 5.10 Å². The highest BCUT2D eigenvalue weighted by atomic mass is 19.1. The molecule has 0 aliphatic rings. The summed E-state index contributed by atoms with van der Waals surface area (Å²) in [5.74, 6) is -0.254. The van der Waals surface area contributed by atoms with Crippen LogP contribution in [0, 0.1) is 12.7 Å². The molecule has 0 unspecified atom stereocenters. The summed E-state index contributed by atoms with van der Waals surface area (Å²) in [6.07, 6.45) is 1.74. The highest BCUT2D eigenvalue weighted by Crippen LogP contribution is 2.26. The van der Waals surface area contributed by atoms with Gasteiger partial charge in [0.15, 0.2) is 0 Å². The molecular formula is C16H14FN3. The Hall–Kier alpha value is -2.62. The van der Waals surface area contributed by atoms with Crippen LogP contribution in [0.3, 0.4) is 0 Å². The second kappa shape index (κ2) is 4.81. The lowest BCUT2D eigenvalue weighted by atomic mass is 10.1. The molecule has 3 aromatic rings. The number of rotatable bonds is 2. The van der Waals surface area contributed by atoms with E-state index in [-0.39, 0.29) is 5.82 Å². The van der Waals surface area contributed by atoms with E-state index in [0.29, 0.717) is 22.5 Å². The summed E-state index contributed by atoms with van der Waals surface area (Å²) in [4.78, 5) is 0. The Labute approximate surface area is 116 Å². The maximum Gasteiger partial charge on any atom is 0.126 e. The van der Waals surface area contributed by atoms with Crippen LogP contribution < -0.4 is 5.73 Å². The molecule has 0 aliphatic heterocycles. The zero-order chi connectivity index (χ0) is 14.1. The minimum Gasteiger partial charge on any atom is -0.396 e. The molecule has 0 saturated carbocycles. The van der Waals surface area contributed by atoms with E-state index in [0.717, 1.165) is 5.69 Å². The molecule has 3 nitrogen and oxygen atoms in total. The monoisotopic (exact) mass is 267 g/mol. The van der Waals surface area contributed by atoms with Gasteiger partial charge in [0, 0.05) is 5.56 Å². The summed E-state index contributed by atoms with van der Waals surface area (Å²) < 4.78 is 15.3. The molecule has 0 amide bonds. The molecule has 4 heteroatoms. The fourth-order valence-corrected chi connectivity index (χ4v) is 2.06. The van der Waals surface area contributed by atoms with Crippen molar-refractivity contribution in [3.8, 4) is 16.9 Å². The van der Waals surface area contributed by atoms with Gasteiger partial charge in [-0.05, 0) is 30.7 Å². The minimum absolute atomic E-state index is 0.254. The number of nitrogens with two attached hydrogens (primary N) is 1. The van der Waals surface area contributed by atoms with Crippen molar-refractivity contribution < 1.29 is 4.39 Å². The summed E-state index contributed by atoms with van der Waals surface area (Å²) in [5.41, 5.74) is 9.31. The van der Waals surface area contributed by atoms with Gasteiger partial charge in [0.2, 0.25) is 0 Å². The third kappa shape index (κ3) is 2.16. The smallest absolute Gasteiger partial charge is 0.126 e. The Morgan fingerprint density at radius 1 is 1.10 bits per heavy atom. The van der Waals surface area contributed by atoms with Gasteiger partial charge in [0.25, 0.3) is 0 Å². The SMILES string of the molecule is Cc1ccc(-c2nn(-c3ccccc3)cc2N)cc1F. The molecule has 0 saturated heterocycles. The van der Waals surface area contributed by atoms with Crippen molar-refractivity contribution in [2.75, 3.05) is 5.73 Å². The molecule has 3 rings (SSSR count). The molecule has 0 spiro atoms. The number of nitrogens with zero attached hydrogens (tertiary/aromatic N) is 2. The third-order valence-corrected chi connectivity index (χ3v) is 3.21. The van der Waals surface area contributed by atoms with Crippen molar-refractivity contribution >= 4 is 5.69 Å². The second-order valence-electron chi connectivity index (χ2n) is 4.68. The van der Waals surface area contributed by atoms with Crippen molar-refractivity contribution in [1.82, 2.24) is 9.78 Å². The molecule has 0 aliphatic carbocycles. The fraction of sp³-hybridized carbons (Fsp3) is 0.0625. The van der Waals surface area contributed by atoms with Crippen LogP contribution in [-0.2, 0) is 0 Å². The molecular weight excluding hydrogens is 253 g/mol. The van der Waals surface area contributed by atoms with Gasteiger partial charge < -0.3 is 5.73 Å². The van der Waals surface area contributed by atoms with Gasteiger partial charge in [0.05, 0.1) is 17.6 Å². The lowest BCUT2D eigenvalue weighted by Gasteiger charge is -2.02. The number of anilines is 1. The van der Waals surface area contributed by atoms with Gasteiger partial charge in [-0.15, -0.1) is 0 Å². The number of nitrogen functional groups attached to an aromatic ring is 1. The Kier molecular flexibility index (Phi) is 2.99. The van der Waals surface area contributed by atoms with Crippen LogP contribution in [0.4, 0.5) is 10.1 Å². The maximum atomic E-state index is 13.7. The van der Waals surface area contributed by atoms with E-state index in [2.05, 4.69) is 5.10 Å². The van der Waals surface area contributed by atoms with Crippen LogP contribution in [0.25, 0.3) is 16.9 Å². The summed E-state index contributed by atoms with van der Waals surface area (Å²) in [6.45, 7) is 1.73. The van der Waals surface area contributed by atoms with Crippen LogP contribution in [0.15, 0.2) is 54.7 Å². The summed E-state index contributed by atoms with van der Waals surface area (Å²) in [6, 6.07) is 14.7. The molecule has 0 bridgehead atoms. The minimum atomic E-state index is -0.254. The molecule has 0 atom stereocenters.